The highest BCUT2D eigenvalue weighted by molar-refractivity contribution is 9.10. The van der Waals surface area contributed by atoms with E-state index in [1.54, 1.807) is 12.1 Å². The van der Waals surface area contributed by atoms with E-state index >= 15 is 0 Å². The third-order valence-corrected chi connectivity index (χ3v) is 3.93. The average molecular weight is 378 g/mol. The summed E-state index contributed by atoms with van der Waals surface area (Å²) in [7, 11) is 1.44. The minimum atomic E-state index is -1.14. The number of methoxy groups -OCH3 is 1. The maximum atomic E-state index is 13.9. The number of ether oxygens (including phenoxy) is 1. The van der Waals surface area contributed by atoms with Gasteiger partial charge in [-0.1, -0.05) is 11.6 Å². The summed E-state index contributed by atoms with van der Waals surface area (Å²) < 4.78 is 33.0. The van der Waals surface area contributed by atoms with Crippen LogP contribution in [0.2, 0.25) is 5.02 Å². The third-order valence-electron chi connectivity index (χ3n) is 3.09. The number of halogens is 4. The van der Waals surface area contributed by atoms with E-state index in [1.807, 2.05) is 0 Å². The van der Waals surface area contributed by atoms with Crippen molar-refractivity contribution < 1.29 is 18.6 Å². The Balaban J connectivity index is 2.37. The molecule has 2 rings (SSSR count). The molecular formula is C15H12BrClF2O2. The monoisotopic (exact) mass is 376 g/mol. The van der Waals surface area contributed by atoms with E-state index in [0.29, 0.717) is 16.3 Å². The van der Waals surface area contributed by atoms with Crippen molar-refractivity contribution in [1.82, 2.24) is 0 Å². The van der Waals surface area contributed by atoms with Crippen LogP contribution in [0.3, 0.4) is 0 Å². The molecule has 0 heterocycles. The number of benzene rings is 2. The van der Waals surface area contributed by atoms with Gasteiger partial charge in [0, 0.05) is 22.6 Å². The highest BCUT2D eigenvalue weighted by Crippen LogP contribution is 2.32. The molecule has 2 nitrogen and oxygen atoms in total. The average Bonchev–Trinajstić information content (AvgIpc) is 2.47. The number of rotatable bonds is 4. The fourth-order valence-electron chi connectivity index (χ4n) is 2.03. The lowest BCUT2D eigenvalue weighted by Gasteiger charge is -2.16. The van der Waals surface area contributed by atoms with Gasteiger partial charge in [0.25, 0.3) is 0 Å². The Kier molecular flexibility index (Phi) is 5.19. The molecule has 0 aromatic heterocycles. The van der Waals surface area contributed by atoms with Crippen LogP contribution in [0.1, 0.15) is 17.2 Å². The second kappa shape index (κ2) is 6.73. The predicted molar refractivity (Wildman–Crippen MR) is 80.7 cm³/mol. The zero-order valence-corrected chi connectivity index (χ0v) is 13.4. The summed E-state index contributed by atoms with van der Waals surface area (Å²) in [5.41, 5.74) is 0.183. The Bertz CT molecular complexity index is 664. The van der Waals surface area contributed by atoms with E-state index in [2.05, 4.69) is 15.9 Å². The zero-order valence-electron chi connectivity index (χ0n) is 11.0. The van der Waals surface area contributed by atoms with E-state index in [1.165, 1.54) is 19.2 Å². The fourth-order valence-corrected chi connectivity index (χ4v) is 2.58. The Morgan fingerprint density at radius 2 is 2.00 bits per heavy atom. The van der Waals surface area contributed by atoms with Crippen LogP contribution in [-0.2, 0) is 6.42 Å². The van der Waals surface area contributed by atoms with Crippen molar-refractivity contribution in [2.75, 3.05) is 7.11 Å². The van der Waals surface area contributed by atoms with Gasteiger partial charge in [-0.25, -0.2) is 8.78 Å². The van der Waals surface area contributed by atoms with Gasteiger partial charge in [0.2, 0.25) is 0 Å². The van der Waals surface area contributed by atoms with E-state index < -0.39 is 17.7 Å². The molecule has 0 aliphatic heterocycles. The van der Waals surface area contributed by atoms with E-state index in [9.17, 15) is 13.9 Å². The summed E-state index contributed by atoms with van der Waals surface area (Å²) in [6.45, 7) is 0. The third kappa shape index (κ3) is 3.54. The summed E-state index contributed by atoms with van der Waals surface area (Å²) in [5, 5.41) is 10.7. The first-order valence-corrected chi connectivity index (χ1v) is 7.25. The van der Waals surface area contributed by atoms with Crippen LogP contribution < -0.4 is 4.74 Å². The van der Waals surface area contributed by atoms with Gasteiger partial charge in [0.05, 0.1) is 17.7 Å². The standard InChI is InChI=1S/C15H12BrClF2O2/c1-21-14-5-2-8(17)6-10(14)13(20)7-9-12(18)4-3-11(16)15(9)19/h2-6,13,20H,7H2,1H3. The van der Waals surface area contributed by atoms with Gasteiger partial charge in [0.1, 0.15) is 17.4 Å². The Labute approximate surface area is 134 Å². The molecular weight excluding hydrogens is 366 g/mol. The normalized spacial score (nSPS) is 12.3. The smallest absolute Gasteiger partial charge is 0.143 e. The number of hydrogen-bond donors (Lipinski definition) is 1. The van der Waals surface area contributed by atoms with Crippen molar-refractivity contribution in [3.63, 3.8) is 0 Å². The summed E-state index contributed by atoms with van der Waals surface area (Å²) in [5.74, 6) is -1.03. The van der Waals surface area contributed by atoms with Crippen molar-refractivity contribution in [1.29, 1.82) is 0 Å². The molecule has 0 fully saturated rings. The minimum absolute atomic E-state index is 0.143. The molecule has 0 spiro atoms. The van der Waals surface area contributed by atoms with Crippen LogP contribution >= 0.6 is 27.5 Å². The molecule has 0 radical (unpaired) electrons. The molecule has 1 atom stereocenters. The number of aliphatic hydroxyl groups excluding tert-OH is 1. The van der Waals surface area contributed by atoms with E-state index in [4.69, 9.17) is 16.3 Å². The van der Waals surface area contributed by atoms with Crippen LogP contribution in [0.4, 0.5) is 8.78 Å². The largest absolute Gasteiger partial charge is 0.496 e. The first-order chi connectivity index (χ1) is 9.93. The lowest BCUT2D eigenvalue weighted by Crippen LogP contribution is -2.07. The summed E-state index contributed by atoms with van der Waals surface area (Å²) in [4.78, 5) is 0. The number of aliphatic hydroxyl groups is 1. The van der Waals surface area contributed by atoms with Crippen molar-refractivity contribution >= 4 is 27.5 Å². The summed E-state index contributed by atoms with van der Waals surface area (Å²) in [6, 6.07) is 7.13. The first kappa shape index (κ1) is 16.2. The second-order valence-corrected chi connectivity index (χ2v) is 5.72. The molecule has 0 aliphatic carbocycles. The van der Waals surface area contributed by atoms with Gasteiger partial charge in [-0.3, -0.25) is 0 Å². The van der Waals surface area contributed by atoms with Gasteiger partial charge < -0.3 is 9.84 Å². The first-order valence-electron chi connectivity index (χ1n) is 6.08. The van der Waals surface area contributed by atoms with E-state index in [0.717, 1.165) is 6.07 Å². The molecule has 2 aromatic carbocycles. The van der Waals surface area contributed by atoms with Gasteiger partial charge in [-0.05, 0) is 46.3 Å². The molecule has 112 valence electrons. The minimum Gasteiger partial charge on any atom is -0.496 e. The molecule has 2 aromatic rings. The highest BCUT2D eigenvalue weighted by Gasteiger charge is 2.20. The van der Waals surface area contributed by atoms with Crippen LogP contribution in [-0.4, -0.2) is 12.2 Å². The molecule has 0 saturated heterocycles. The molecule has 0 aliphatic rings. The quantitative estimate of drug-likeness (QED) is 0.785. The SMILES string of the molecule is COc1ccc(Cl)cc1C(O)Cc1c(F)ccc(Br)c1F. The Morgan fingerprint density at radius 1 is 1.29 bits per heavy atom. The molecule has 0 amide bonds. The second-order valence-electron chi connectivity index (χ2n) is 4.43. The van der Waals surface area contributed by atoms with Crippen LogP contribution in [0, 0.1) is 11.6 Å². The molecule has 1 unspecified atom stereocenters. The molecule has 6 heteroatoms. The highest BCUT2D eigenvalue weighted by atomic mass is 79.9. The predicted octanol–water partition coefficient (Wildman–Crippen LogP) is 4.67. The zero-order chi connectivity index (χ0) is 15.6. The van der Waals surface area contributed by atoms with Crippen molar-refractivity contribution in [2.24, 2.45) is 0 Å². The van der Waals surface area contributed by atoms with Crippen LogP contribution in [0.5, 0.6) is 5.75 Å². The molecule has 0 bridgehead atoms. The fraction of sp³-hybridized carbons (Fsp3) is 0.200. The van der Waals surface area contributed by atoms with Crippen LogP contribution in [0.15, 0.2) is 34.8 Å². The maximum Gasteiger partial charge on any atom is 0.143 e. The van der Waals surface area contributed by atoms with Gasteiger partial charge in [0.15, 0.2) is 0 Å². The lowest BCUT2D eigenvalue weighted by atomic mass is 10.00. The maximum absolute atomic E-state index is 13.9. The van der Waals surface area contributed by atoms with Gasteiger partial charge in [-0.2, -0.15) is 0 Å². The molecule has 1 N–H and O–H groups in total. The van der Waals surface area contributed by atoms with Gasteiger partial charge >= 0.3 is 0 Å². The summed E-state index contributed by atoms with van der Waals surface area (Å²) >= 11 is 8.88. The van der Waals surface area contributed by atoms with Crippen LogP contribution in [0.25, 0.3) is 0 Å². The topological polar surface area (TPSA) is 29.5 Å². The van der Waals surface area contributed by atoms with Crippen molar-refractivity contribution in [3.05, 3.63) is 62.6 Å². The number of hydrogen-bond acceptors (Lipinski definition) is 2. The van der Waals surface area contributed by atoms with Gasteiger partial charge in [-0.15, -0.1) is 0 Å². The lowest BCUT2D eigenvalue weighted by molar-refractivity contribution is 0.171. The molecule has 0 saturated carbocycles. The summed E-state index contributed by atoms with van der Waals surface area (Å²) in [6.07, 6.45) is -1.37. The van der Waals surface area contributed by atoms with Crippen molar-refractivity contribution in [2.45, 2.75) is 12.5 Å². The molecule has 21 heavy (non-hydrogen) atoms. The Hall–Kier alpha value is -1.17. The van der Waals surface area contributed by atoms with Crippen molar-refractivity contribution in [3.8, 4) is 5.75 Å². The Morgan fingerprint density at radius 3 is 2.67 bits per heavy atom. The van der Waals surface area contributed by atoms with E-state index in [-0.39, 0.29) is 16.5 Å².